The predicted molar refractivity (Wildman–Crippen MR) is 83.5 cm³/mol. The molecule has 1 aromatic rings. The van der Waals surface area contributed by atoms with E-state index in [1.807, 2.05) is 25.1 Å². The quantitative estimate of drug-likeness (QED) is 0.802. The van der Waals surface area contributed by atoms with Crippen LogP contribution in [0.5, 0.6) is 0 Å². The Balaban J connectivity index is 1.81. The van der Waals surface area contributed by atoms with E-state index in [1.54, 1.807) is 10.4 Å². The maximum absolute atomic E-state index is 12.9. The Morgan fingerprint density at radius 3 is 2.62 bits per heavy atom. The van der Waals surface area contributed by atoms with E-state index in [1.165, 1.54) is 12.8 Å². The van der Waals surface area contributed by atoms with Crippen LogP contribution < -0.4 is 5.32 Å². The molecule has 5 heteroatoms. The SMILES string of the molecule is CCNCc1cccc(S(=O)(=O)N(CC2CC2)C2CC2)c1. The minimum absolute atomic E-state index is 0.244. The monoisotopic (exact) mass is 308 g/mol. The molecule has 2 aliphatic rings. The molecule has 0 saturated heterocycles. The van der Waals surface area contributed by atoms with Crippen molar-refractivity contribution in [1.82, 2.24) is 9.62 Å². The Hall–Kier alpha value is -0.910. The van der Waals surface area contributed by atoms with Crippen LogP contribution in [0.3, 0.4) is 0 Å². The van der Waals surface area contributed by atoms with E-state index < -0.39 is 10.0 Å². The summed E-state index contributed by atoms with van der Waals surface area (Å²) in [5.74, 6) is 0.588. The molecule has 0 bridgehead atoms. The van der Waals surface area contributed by atoms with Crippen molar-refractivity contribution in [2.45, 2.75) is 50.1 Å². The van der Waals surface area contributed by atoms with Crippen LogP contribution in [0.15, 0.2) is 29.2 Å². The highest BCUT2D eigenvalue weighted by Gasteiger charge is 2.41. The summed E-state index contributed by atoms with van der Waals surface area (Å²) in [6.45, 7) is 4.36. The van der Waals surface area contributed by atoms with Crippen molar-refractivity contribution in [1.29, 1.82) is 0 Å². The maximum atomic E-state index is 12.9. The van der Waals surface area contributed by atoms with Crippen molar-refractivity contribution in [3.8, 4) is 0 Å². The fraction of sp³-hybridized carbons (Fsp3) is 0.625. The van der Waals surface area contributed by atoms with E-state index in [-0.39, 0.29) is 6.04 Å². The van der Waals surface area contributed by atoms with Crippen LogP contribution in [-0.4, -0.2) is 31.9 Å². The van der Waals surface area contributed by atoms with E-state index in [0.29, 0.717) is 23.9 Å². The van der Waals surface area contributed by atoms with Crippen LogP contribution in [0.2, 0.25) is 0 Å². The van der Waals surface area contributed by atoms with Gasteiger partial charge in [0.1, 0.15) is 0 Å². The molecule has 21 heavy (non-hydrogen) atoms. The second kappa shape index (κ2) is 6.07. The zero-order chi connectivity index (χ0) is 14.9. The van der Waals surface area contributed by atoms with Crippen molar-refractivity contribution in [3.63, 3.8) is 0 Å². The molecule has 1 aromatic carbocycles. The highest BCUT2D eigenvalue weighted by atomic mass is 32.2. The Morgan fingerprint density at radius 2 is 2.00 bits per heavy atom. The minimum atomic E-state index is -3.33. The van der Waals surface area contributed by atoms with Gasteiger partial charge in [-0.25, -0.2) is 8.42 Å². The third-order valence-electron chi connectivity index (χ3n) is 4.17. The molecule has 0 aliphatic heterocycles. The van der Waals surface area contributed by atoms with E-state index in [4.69, 9.17) is 0 Å². The van der Waals surface area contributed by atoms with E-state index >= 15 is 0 Å². The van der Waals surface area contributed by atoms with Gasteiger partial charge >= 0.3 is 0 Å². The Bertz CT molecular complexity index is 592. The number of nitrogens with zero attached hydrogens (tertiary/aromatic N) is 1. The molecule has 2 aliphatic carbocycles. The molecule has 2 saturated carbocycles. The van der Waals surface area contributed by atoms with Crippen molar-refractivity contribution in [2.75, 3.05) is 13.1 Å². The fourth-order valence-electron chi connectivity index (χ4n) is 2.58. The average Bonchev–Trinajstić information content (AvgIpc) is 3.36. The summed E-state index contributed by atoms with van der Waals surface area (Å²) in [6.07, 6.45) is 4.39. The first-order valence-electron chi connectivity index (χ1n) is 7.92. The van der Waals surface area contributed by atoms with Crippen LogP contribution >= 0.6 is 0 Å². The molecular formula is C16H24N2O2S. The molecule has 4 nitrogen and oxygen atoms in total. The number of rotatable bonds is 8. The fourth-order valence-corrected chi connectivity index (χ4v) is 4.41. The van der Waals surface area contributed by atoms with E-state index in [2.05, 4.69) is 5.32 Å². The first-order chi connectivity index (χ1) is 10.1. The van der Waals surface area contributed by atoms with Crippen molar-refractivity contribution < 1.29 is 8.42 Å². The number of sulfonamides is 1. The topological polar surface area (TPSA) is 49.4 Å². The van der Waals surface area contributed by atoms with Crippen LogP contribution in [0, 0.1) is 5.92 Å². The summed E-state index contributed by atoms with van der Waals surface area (Å²) >= 11 is 0. The number of benzene rings is 1. The van der Waals surface area contributed by atoms with Gasteiger partial charge < -0.3 is 5.32 Å². The average molecular weight is 308 g/mol. The lowest BCUT2D eigenvalue weighted by Crippen LogP contribution is -2.35. The van der Waals surface area contributed by atoms with Crippen molar-refractivity contribution >= 4 is 10.0 Å². The van der Waals surface area contributed by atoms with Gasteiger partial charge in [0.15, 0.2) is 0 Å². The zero-order valence-electron chi connectivity index (χ0n) is 12.6. The molecule has 2 fully saturated rings. The van der Waals surface area contributed by atoms with Crippen LogP contribution in [0.4, 0.5) is 0 Å². The summed E-state index contributed by atoms with van der Waals surface area (Å²) < 4.78 is 27.6. The van der Waals surface area contributed by atoms with Gasteiger partial charge in [0.2, 0.25) is 10.0 Å². The second-order valence-corrected chi connectivity index (χ2v) is 8.07. The molecule has 3 rings (SSSR count). The lowest BCUT2D eigenvalue weighted by Gasteiger charge is -2.22. The number of hydrogen-bond donors (Lipinski definition) is 1. The zero-order valence-corrected chi connectivity index (χ0v) is 13.4. The van der Waals surface area contributed by atoms with Crippen molar-refractivity contribution in [2.24, 2.45) is 5.92 Å². The largest absolute Gasteiger partial charge is 0.313 e. The first-order valence-corrected chi connectivity index (χ1v) is 9.36. The summed E-state index contributed by atoms with van der Waals surface area (Å²) in [6, 6.07) is 7.62. The van der Waals surface area contributed by atoms with Crippen molar-refractivity contribution in [3.05, 3.63) is 29.8 Å². The first kappa shape index (κ1) is 15.0. The molecule has 116 valence electrons. The Morgan fingerprint density at radius 1 is 1.24 bits per heavy atom. The molecular weight excluding hydrogens is 284 g/mol. The van der Waals surface area contributed by atoms with Gasteiger partial charge in [-0.2, -0.15) is 4.31 Å². The van der Waals surface area contributed by atoms with Crippen LogP contribution in [0.25, 0.3) is 0 Å². The summed E-state index contributed by atoms with van der Waals surface area (Å²) in [5, 5.41) is 3.24. The molecule has 0 aromatic heterocycles. The van der Waals surface area contributed by atoms with Gasteiger partial charge in [-0.1, -0.05) is 19.1 Å². The predicted octanol–water partition coefficient (Wildman–Crippen LogP) is 2.36. The smallest absolute Gasteiger partial charge is 0.243 e. The molecule has 0 heterocycles. The summed E-state index contributed by atoms with van der Waals surface area (Å²) in [5.41, 5.74) is 1.03. The van der Waals surface area contributed by atoms with E-state index in [9.17, 15) is 8.42 Å². The molecule has 1 N–H and O–H groups in total. The number of nitrogens with one attached hydrogen (secondary N) is 1. The lowest BCUT2D eigenvalue weighted by atomic mass is 10.2. The molecule has 0 atom stereocenters. The maximum Gasteiger partial charge on any atom is 0.243 e. The summed E-state index contributed by atoms with van der Waals surface area (Å²) in [4.78, 5) is 0.449. The Labute approximate surface area is 127 Å². The normalized spacial score (nSPS) is 19.1. The second-order valence-electron chi connectivity index (χ2n) is 6.18. The van der Waals surface area contributed by atoms with Gasteiger partial charge in [0.25, 0.3) is 0 Å². The third kappa shape index (κ3) is 3.65. The van der Waals surface area contributed by atoms with Gasteiger partial charge in [0.05, 0.1) is 4.90 Å². The van der Waals surface area contributed by atoms with Crippen LogP contribution in [0.1, 0.15) is 38.2 Å². The molecule has 0 unspecified atom stereocenters. The van der Waals surface area contributed by atoms with Gasteiger partial charge in [-0.3, -0.25) is 0 Å². The highest BCUT2D eigenvalue weighted by molar-refractivity contribution is 7.89. The third-order valence-corrected chi connectivity index (χ3v) is 6.09. The standard InChI is InChI=1S/C16H24N2O2S/c1-2-17-11-14-4-3-5-16(10-14)21(19,20)18(15-8-9-15)12-13-6-7-13/h3-5,10,13,15,17H,2,6-9,11-12H2,1H3. The van der Waals surface area contributed by atoms with Crippen LogP contribution in [-0.2, 0) is 16.6 Å². The Kier molecular flexibility index (Phi) is 4.33. The van der Waals surface area contributed by atoms with E-state index in [0.717, 1.165) is 24.9 Å². The summed E-state index contributed by atoms with van der Waals surface area (Å²) in [7, 11) is -3.33. The highest BCUT2D eigenvalue weighted by Crippen LogP contribution is 2.38. The number of hydrogen-bond acceptors (Lipinski definition) is 3. The van der Waals surface area contributed by atoms with Gasteiger partial charge in [-0.05, 0) is 55.8 Å². The molecule has 0 radical (unpaired) electrons. The van der Waals surface area contributed by atoms with Gasteiger partial charge in [0, 0.05) is 19.1 Å². The molecule has 0 amide bonds. The van der Waals surface area contributed by atoms with Gasteiger partial charge in [-0.15, -0.1) is 0 Å². The minimum Gasteiger partial charge on any atom is -0.313 e. The molecule has 0 spiro atoms. The lowest BCUT2D eigenvalue weighted by molar-refractivity contribution is 0.388.